The Balaban J connectivity index is 1.69. The van der Waals surface area contributed by atoms with Crippen LogP contribution in [0.1, 0.15) is 51.6 Å². The SMILES string of the molecule is CC(C)CCCCn1cncc1CNC1CC1. The lowest BCUT2D eigenvalue weighted by molar-refractivity contribution is 0.500. The van der Waals surface area contributed by atoms with Crippen LogP contribution in [0.2, 0.25) is 0 Å². The lowest BCUT2D eigenvalue weighted by atomic mass is 10.1. The molecule has 1 aliphatic rings. The number of rotatable bonds is 8. The predicted molar refractivity (Wildman–Crippen MR) is 70.8 cm³/mol. The first-order chi connectivity index (χ1) is 8.25. The molecule has 0 aromatic carbocycles. The maximum atomic E-state index is 4.26. The van der Waals surface area contributed by atoms with Gasteiger partial charge in [0, 0.05) is 25.3 Å². The van der Waals surface area contributed by atoms with Gasteiger partial charge >= 0.3 is 0 Å². The molecule has 17 heavy (non-hydrogen) atoms. The molecule has 2 rings (SSSR count). The van der Waals surface area contributed by atoms with E-state index < -0.39 is 0 Å². The molecule has 1 aromatic rings. The zero-order valence-electron chi connectivity index (χ0n) is 11.2. The minimum absolute atomic E-state index is 0.777. The van der Waals surface area contributed by atoms with Gasteiger partial charge < -0.3 is 9.88 Å². The summed E-state index contributed by atoms with van der Waals surface area (Å²) in [5.41, 5.74) is 1.33. The molecule has 0 radical (unpaired) electrons. The topological polar surface area (TPSA) is 29.9 Å². The van der Waals surface area contributed by atoms with Crippen molar-refractivity contribution in [2.24, 2.45) is 5.92 Å². The fourth-order valence-electron chi connectivity index (χ4n) is 2.07. The highest BCUT2D eigenvalue weighted by molar-refractivity contribution is 4.99. The van der Waals surface area contributed by atoms with E-state index in [0.29, 0.717) is 0 Å². The summed E-state index contributed by atoms with van der Waals surface area (Å²) in [5.74, 6) is 0.828. The first-order valence-corrected chi connectivity index (χ1v) is 6.98. The third-order valence-electron chi connectivity index (χ3n) is 3.38. The third kappa shape index (κ3) is 4.50. The Bertz CT molecular complexity index is 326. The number of nitrogens with one attached hydrogen (secondary N) is 1. The highest BCUT2D eigenvalue weighted by Crippen LogP contribution is 2.19. The Hall–Kier alpha value is -0.830. The number of nitrogens with zero attached hydrogens (tertiary/aromatic N) is 2. The van der Waals surface area contributed by atoms with Crippen LogP contribution in [-0.2, 0) is 13.1 Å². The van der Waals surface area contributed by atoms with E-state index >= 15 is 0 Å². The molecule has 0 spiro atoms. The molecule has 0 bridgehead atoms. The number of imidazole rings is 1. The highest BCUT2D eigenvalue weighted by Gasteiger charge is 2.20. The third-order valence-corrected chi connectivity index (χ3v) is 3.38. The molecule has 0 aliphatic heterocycles. The van der Waals surface area contributed by atoms with Crippen LogP contribution in [-0.4, -0.2) is 15.6 Å². The van der Waals surface area contributed by atoms with E-state index in [1.54, 1.807) is 0 Å². The van der Waals surface area contributed by atoms with Gasteiger partial charge in [-0.2, -0.15) is 0 Å². The van der Waals surface area contributed by atoms with E-state index in [4.69, 9.17) is 0 Å². The average molecular weight is 235 g/mol. The van der Waals surface area contributed by atoms with Gasteiger partial charge in [-0.25, -0.2) is 4.98 Å². The van der Waals surface area contributed by atoms with Gasteiger partial charge in [0.05, 0.1) is 12.0 Å². The summed E-state index contributed by atoms with van der Waals surface area (Å²) >= 11 is 0. The highest BCUT2D eigenvalue weighted by atomic mass is 15.1. The van der Waals surface area contributed by atoms with Crippen LogP contribution in [0, 0.1) is 5.92 Å². The van der Waals surface area contributed by atoms with E-state index in [2.05, 4.69) is 28.7 Å². The molecular formula is C14H25N3. The van der Waals surface area contributed by atoms with Crippen LogP contribution in [0.4, 0.5) is 0 Å². The van der Waals surface area contributed by atoms with Crippen molar-refractivity contribution >= 4 is 0 Å². The smallest absolute Gasteiger partial charge is 0.0948 e. The normalized spacial score (nSPS) is 15.7. The maximum absolute atomic E-state index is 4.26. The Kier molecular flexibility index (Phi) is 4.60. The van der Waals surface area contributed by atoms with Crippen LogP contribution in [0.3, 0.4) is 0 Å². The quantitative estimate of drug-likeness (QED) is 0.702. The van der Waals surface area contributed by atoms with Crippen LogP contribution >= 0.6 is 0 Å². The first-order valence-electron chi connectivity index (χ1n) is 6.98. The summed E-state index contributed by atoms with van der Waals surface area (Å²) in [6, 6.07) is 0.777. The molecule has 1 aliphatic carbocycles. The summed E-state index contributed by atoms with van der Waals surface area (Å²) in [4.78, 5) is 4.26. The lowest BCUT2D eigenvalue weighted by Gasteiger charge is -2.09. The molecule has 1 heterocycles. The van der Waals surface area contributed by atoms with Gasteiger partial charge in [-0.3, -0.25) is 0 Å². The van der Waals surface area contributed by atoms with Crippen molar-refractivity contribution in [3.8, 4) is 0 Å². The van der Waals surface area contributed by atoms with Gasteiger partial charge in [-0.05, 0) is 25.2 Å². The minimum atomic E-state index is 0.777. The van der Waals surface area contributed by atoms with Crippen molar-refractivity contribution in [3.63, 3.8) is 0 Å². The molecule has 0 saturated heterocycles. The fourth-order valence-corrected chi connectivity index (χ4v) is 2.07. The first kappa shape index (κ1) is 12.6. The van der Waals surface area contributed by atoms with E-state index in [1.165, 1.54) is 37.8 Å². The molecule has 3 nitrogen and oxygen atoms in total. The Morgan fingerprint density at radius 3 is 2.94 bits per heavy atom. The summed E-state index contributed by atoms with van der Waals surface area (Å²) in [5, 5.41) is 3.55. The van der Waals surface area contributed by atoms with Crippen molar-refractivity contribution in [2.75, 3.05) is 0 Å². The molecule has 96 valence electrons. The zero-order chi connectivity index (χ0) is 12.1. The summed E-state index contributed by atoms with van der Waals surface area (Å²) in [7, 11) is 0. The molecule has 0 atom stereocenters. The molecule has 1 N–H and O–H groups in total. The minimum Gasteiger partial charge on any atom is -0.333 e. The van der Waals surface area contributed by atoms with Crippen LogP contribution in [0.5, 0.6) is 0 Å². The molecule has 0 amide bonds. The van der Waals surface area contributed by atoms with Gasteiger partial charge in [0.2, 0.25) is 0 Å². The molecule has 1 aromatic heterocycles. The van der Waals surface area contributed by atoms with Gasteiger partial charge in [-0.15, -0.1) is 0 Å². The van der Waals surface area contributed by atoms with Crippen LogP contribution < -0.4 is 5.32 Å². The number of aromatic nitrogens is 2. The van der Waals surface area contributed by atoms with E-state index in [1.807, 2.05) is 12.5 Å². The zero-order valence-corrected chi connectivity index (χ0v) is 11.2. The summed E-state index contributed by atoms with van der Waals surface area (Å²) in [6.45, 7) is 6.69. The second-order valence-corrected chi connectivity index (χ2v) is 5.62. The predicted octanol–water partition coefficient (Wildman–Crippen LogP) is 2.96. The number of aryl methyl sites for hydroxylation is 1. The Morgan fingerprint density at radius 2 is 2.24 bits per heavy atom. The van der Waals surface area contributed by atoms with Gasteiger partial charge in [-0.1, -0.05) is 26.7 Å². The van der Waals surface area contributed by atoms with Crippen molar-refractivity contribution in [1.29, 1.82) is 0 Å². The van der Waals surface area contributed by atoms with Crippen molar-refractivity contribution in [3.05, 3.63) is 18.2 Å². The number of hydrogen-bond donors (Lipinski definition) is 1. The number of hydrogen-bond acceptors (Lipinski definition) is 2. The van der Waals surface area contributed by atoms with Crippen LogP contribution in [0.15, 0.2) is 12.5 Å². The Morgan fingerprint density at radius 1 is 1.41 bits per heavy atom. The van der Waals surface area contributed by atoms with Crippen LogP contribution in [0.25, 0.3) is 0 Å². The van der Waals surface area contributed by atoms with E-state index in [0.717, 1.165) is 25.0 Å². The standard InChI is InChI=1S/C14H25N3/c1-12(2)5-3-4-8-17-11-15-9-14(17)10-16-13-6-7-13/h9,11-13,16H,3-8,10H2,1-2H3. The number of unbranched alkanes of at least 4 members (excludes halogenated alkanes) is 1. The molecule has 0 unspecified atom stereocenters. The fraction of sp³-hybridized carbons (Fsp3) is 0.786. The van der Waals surface area contributed by atoms with Gasteiger partial charge in [0.15, 0.2) is 0 Å². The van der Waals surface area contributed by atoms with Crippen molar-refractivity contribution in [1.82, 2.24) is 14.9 Å². The van der Waals surface area contributed by atoms with Gasteiger partial charge in [0.1, 0.15) is 0 Å². The average Bonchev–Trinajstić information content (AvgIpc) is 3.02. The Labute approximate surface area is 105 Å². The second kappa shape index (κ2) is 6.20. The van der Waals surface area contributed by atoms with E-state index in [-0.39, 0.29) is 0 Å². The molecule has 3 heteroatoms. The second-order valence-electron chi connectivity index (χ2n) is 5.62. The molecule has 1 fully saturated rings. The largest absolute Gasteiger partial charge is 0.333 e. The molecular weight excluding hydrogens is 210 g/mol. The maximum Gasteiger partial charge on any atom is 0.0948 e. The van der Waals surface area contributed by atoms with Gasteiger partial charge in [0.25, 0.3) is 0 Å². The monoisotopic (exact) mass is 235 g/mol. The summed E-state index contributed by atoms with van der Waals surface area (Å²) in [6.07, 6.45) is 10.6. The van der Waals surface area contributed by atoms with Crippen molar-refractivity contribution in [2.45, 2.75) is 65.1 Å². The molecule has 1 saturated carbocycles. The summed E-state index contributed by atoms with van der Waals surface area (Å²) < 4.78 is 2.30. The lowest BCUT2D eigenvalue weighted by Crippen LogP contribution is -2.18. The van der Waals surface area contributed by atoms with Crippen molar-refractivity contribution < 1.29 is 0 Å². The van der Waals surface area contributed by atoms with E-state index in [9.17, 15) is 0 Å².